The van der Waals surface area contributed by atoms with Gasteiger partial charge in [0.25, 0.3) is 5.91 Å². The highest BCUT2D eigenvalue weighted by Gasteiger charge is 2.14. The van der Waals surface area contributed by atoms with E-state index in [1.165, 1.54) is 12.2 Å². The van der Waals surface area contributed by atoms with Gasteiger partial charge in [-0.15, -0.1) is 11.8 Å². The van der Waals surface area contributed by atoms with Gasteiger partial charge >= 0.3 is 0 Å². The van der Waals surface area contributed by atoms with Crippen molar-refractivity contribution >= 4 is 17.7 Å². The molecule has 4 heteroatoms. The summed E-state index contributed by atoms with van der Waals surface area (Å²) in [6.07, 6.45) is 1.94. The quantitative estimate of drug-likeness (QED) is 0.566. The molecule has 0 aromatic heterocycles. The molecule has 0 aliphatic rings. The van der Waals surface area contributed by atoms with E-state index >= 15 is 0 Å². The van der Waals surface area contributed by atoms with Crippen LogP contribution in [0, 0.1) is 0 Å². The summed E-state index contributed by atoms with van der Waals surface area (Å²) >= 11 is 1.55. The molecule has 0 unspecified atom stereocenters. The van der Waals surface area contributed by atoms with E-state index in [2.05, 4.69) is 0 Å². The molecule has 0 saturated heterocycles. The minimum atomic E-state index is -0.127. The van der Waals surface area contributed by atoms with Gasteiger partial charge in [0.05, 0.1) is 12.7 Å². The number of carbonyl (C=O) groups is 1. The number of amides is 1. The zero-order chi connectivity index (χ0) is 10.6. The minimum absolute atomic E-state index is 0.127. The molecule has 76 valence electrons. The van der Waals surface area contributed by atoms with Gasteiger partial charge in [-0.3, -0.25) is 9.63 Å². The van der Waals surface area contributed by atoms with Crippen molar-refractivity contribution in [2.24, 2.45) is 0 Å². The highest BCUT2D eigenvalue weighted by atomic mass is 32.2. The van der Waals surface area contributed by atoms with Gasteiger partial charge in [0, 0.05) is 11.9 Å². The Hall–Kier alpha value is -1.00. The molecule has 0 aliphatic carbocycles. The molecule has 0 radical (unpaired) electrons. The van der Waals surface area contributed by atoms with Crippen molar-refractivity contribution in [2.75, 3.05) is 20.4 Å². The van der Waals surface area contributed by atoms with E-state index in [1.54, 1.807) is 24.9 Å². The second-order valence-electron chi connectivity index (χ2n) is 2.69. The molecule has 1 rings (SSSR count). The second-order valence-corrected chi connectivity index (χ2v) is 3.53. The van der Waals surface area contributed by atoms with Crippen molar-refractivity contribution < 1.29 is 9.63 Å². The van der Waals surface area contributed by atoms with Crippen molar-refractivity contribution in [2.45, 2.75) is 4.90 Å². The van der Waals surface area contributed by atoms with Crippen LogP contribution in [0.4, 0.5) is 0 Å². The third-order valence-electron chi connectivity index (χ3n) is 1.90. The van der Waals surface area contributed by atoms with Crippen molar-refractivity contribution in [1.29, 1.82) is 0 Å². The largest absolute Gasteiger partial charge is 0.278 e. The SMILES string of the molecule is CON(C)C(=O)c1ccccc1SC. The summed E-state index contributed by atoms with van der Waals surface area (Å²) < 4.78 is 0. The van der Waals surface area contributed by atoms with E-state index in [9.17, 15) is 4.79 Å². The normalized spacial score (nSPS) is 9.93. The number of rotatable bonds is 3. The van der Waals surface area contributed by atoms with E-state index in [4.69, 9.17) is 4.84 Å². The molecule has 0 heterocycles. The highest BCUT2D eigenvalue weighted by Crippen LogP contribution is 2.20. The summed E-state index contributed by atoms with van der Waals surface area (Å²) in [4.78, 5) is 17.5. The molecule has 1 aromatic carbocycles. The number of nitrogens with zero attached hydrogens (tertiary/aromatic N) is 1. The molecule has 0 saturated carbocycles. The summed E-state index contributed by atoms with van der Waals surface area (Å²) in [5.74, 6) is -0.127. The van der Waals surface area contributed by atoms with Gasteiger partial charge < -0.3 is 0 Å². The van der Waals surface area contributed by atoms with Crippen molar-refractivity contribution in [1.82, 2.24) is 5.06 Å². The maximum atomic E-state index is 11.7. The third kappa shape index (κ3) is 2.27. The fourth-order valence-corrected chi connectivity index (χ4v) is 1.66. The Bertz CT molecular complexity index is 328. The summed E-state index contributed by atoms with van der Waals surface area (Å²) in [6, 6.07) is 7.47. The lowest BCUT2D eigenvalue weighted by Gasteiger charge is -2.15. The maximum absolute atomic E-state index is 11.7. The van der Waals surface area contributed by atoms with E-state index in [0.717, 1.165) is 4.90 Å². The van der Waals surface area contributed by atoms with Crippen molar-refractivity contribution in [3.63, 3.8) is 0 Å². The zero-order valence-corrected chi connectivity index (χ0v) is 9.30. The first-order chi connectivity index (χ1) is 6.70. The summed E-state index contributed by atoms with van der Waals surface area (Å²) in [6.45, 7) is 0. The van der Waals surface area contributed by atoms with E-state index in [1.807, 2.05) is 24.5 Å². The molecule has 14 heavy (non-hydrogen) atoms. The molecule has 0 fully saturated rings. The van der Waals surface area contributed by atoms with Gasteiger partial charge in [-0.2, -0.15) is 0 Å². The standard InChI is InChI=1S/C10H13NO2S/c1-11(13-2)10(12)8-6-4-5-7-9(8)14-3/h4-7H,1-3H3. The molecular formula is C10H13NO2S. The Morgan fingerprint density at radius 2 is 2.07 bits per heavy atom. The van der Waals surface area contributed by atoms with E-state index in [0.29, 0.717) is 5.56 Å². The molecule has 0 bridgehead atoms. The summed E-state index contributed by atoms with van der Waals surface area (Å²) in [5, 5.41) is 1.22. The average molecular weight is 211 g/mol. The Labute approximate surface area is 88.0 Å². The number of benzene rings is 1. The molecule has 0 aliphatic heterocycles. The van der Waals surface area contributed by atoms with Gasteiger partial charge in [0.2, 0.25) is 0 Å². The van der Waals surface area contributed by atoms with Gasteiger partial charge in [0.1, 0.15) is 0 Å². The maximum Gasteiger partial charge on any atom is 0.278 e. The van der Waals surface area contributed by atoms with Gasteiger partial charge in [-0.1, -0.05) is 12.1 Å². The number of carbonyl (C=O) groups excluding carboxylic acids is 1. The van der Waals surface area contributed by atoms with Crippen LogP contribution in [-0.2, 0) is 4.84 Å². The van der Waals surface area contributed by atoms with E-state index < -0.39 is 0 Å². The highest BCUT2D eigenvalue weighted by molar-refractivity contribution is 7.98. The topological polar surface area (TPSA) is 29.5 Å². The molecule has 0 N–H and O–H groups in total. The Balaban J connectivity index is 3.00. The minimum Gasteiger partial charge on any atom is -0.274 e. The summed E-state index contributed by atoms with van der Waals surface area (Å²) in [7, 11) is 3.07. The number of thioether (sulfide) groups is 1. The Kier molecular flexibility index (Phi) is 3.98. The molecule has 0 atom stereocenters. The predicted molar refractivity (Wildman–Crippen MR) is 57.3 cm³/mol. The van der Waals surface area contributed by atoms with Crippen LogP contribution in [0.1, 0.15) is 10.4 Å². The lowest BCUT2D eigenvalue weighted by atomic mass is 10.2. The van der Waals surface area contributed by atoms with Crippen LogP contribution in [0.15, 0.2) is 29.2 Å². The van der Waals surface area contributed by atoms with Crippen LogP contribution in [0.3, 0.4) is 0 Å². The van der Waals surface area contributed by atoms with Crippen LogP contribution in [0.5, 0.6) is 0 Å². The first kappa shape index (κ1) is 11.1. The van der Waals surface area contributed by atoms with Crippen molar-refractivity contribution in [3.8, 4) is 0 Å². The lowest BCUT2D eigenvalue weighted by Crippen LogP contribution is -2.25. The van der Waals surface area contributed by atoms with Gasteiger partial charge in [0.15, 0.2) is 0 Å². The first-order valence-electron chi connectivity index (χ1n) is 4.16. The summed E-state index contributed by atoms with van der Waals surface area (Å²) in [5.41, 5.74) is 0.671. The zero-order valence-electron chi connectivity index (χ0n) is 8.48. The van der Waals surface area contributed by atoms with Crippen LogP contribution in [0.25, 0.3) is 0 Å². The molecule has 1 aromatic rings. The number of hydrogen-bond donors (Lipinski definition) is 0. The molecule has 0 spiro atoms. The van der Waals surface area contributed by atoms with Crippen LogP contribution < -0.4 is 0 Å². The predicted octanol–water partition coefficient (Wildman–Crippen LogP) is 2.04. The van der Waals surface area contributed by atoms with Crippen molar-refractivity contribution in [3.05, 3.63) is 29.8 Å². The molecule has 3 nitrogen and oxygen atoms in total. The monoisotopic (exact) mass is 211 g/mol. The fourth-order valence-electron chi connectivity index (χ4n) is 1.07. The Morgan fingerprint density at radius 1 is 1.43 bits per heavy atom. The second kappa shape index (κ2) is 5.02. The van der Waals surface area contributed by atoms with Crippen LogP contribution >= 0.6 is 11.8 Å². The van der Waals surface area contributed by atoms with Crippen LogP contribution in [-0.4, -0.2) is 31.4 Å². The first-order valence-corrected chi connectivity index (χ1v) is 5.38. The fraction of sp³-hybridized carbons (Fsp3) is 0.300. The number of hydroxylamine groups is 2. The van der Waals surface area contributed by atoms with E-state index in [-0.39, 0.29) is 5.91 Å². The molecular weight excluding hydrogens is 198 g/mol. The van der Waals surface area contributed by atoms with Crippen LogP contribution in [0.2, 0.25) is 0 Å². The third-order valence-corrected chi connectivity index (χ3v) is 2.69. The van der Waals surface area contributed by atoms with Gasteiger partial charge in [-0.25, -0.2) is 5.06 Å². The Morgan fingerprint density at radius 3 is 2.64 bits per heavy atom. The number of hydrogen-bond acceptors (Lipinski definition) is 3. The molecule has 1 amide bonds. The lowest BCUT2D eigenvalue weighted by molar-refractivity contribution is -0.0759. The van der Waals surface area contributed by atoms with Gasteiger partial charge in [-0.05, 0) is 18.4 Å². The average Bonchev–Trinajstić information content (AvgIpc) is 2.26. The smallest absolute Gasteiger partial charge is 0.274 e.